The maximum atomic E-state index is 11.4. The maximum absolute atomic E-state index is 11.4. The molecule has 0 aliphatic carbocycles. The molecule has 84 valence electrons. The molecule has 0 radical (unpaired) electrons. The summed E-state index contributed by atoms with van der Waals surface area (Å²) in [5.41, 5.74) is 3.27. The Labute approximate surface area is 94.2 Å². The number of nitrogens with one attached hydrogen (secondary N) is 1. The molecule has 0 saturated carbocycles. The number of hydrogen-bond acceptors (Lipinski definition) is 2. The smallest absolute Gasteiger partial charge is 0.324 e. The monoisotopic (exact) mass is 218 g/mol. The van der Waals surface area contributed by atoms with E-state index in [1.165, 1.54) is 4.90 Å². The maximum Gasteiger partial charge on any atom is 0.324 e. The van der Waals surface area contributed by atoms with Crippen molar-refractivity contribution in [3.05, 3.63) is 34.9 Å². The first-order valence-corrected chi connectivity index (χ1v) is 5.21. The molecule has 1 aromatic rings. The second-order valence-corrected chi connectivity index (χ2v) is 4.13. The van der Waals surface area contributed by atoms with Gasteiger partial charge in [0.15, 0.2) is 0 Å². The predicted molar refractivity (Wildman–Crippen MR) is 59.9 cm³/mol. The summed E-state index contributed by atoms with van der Waals surface area (Å²) in [5.74, 6) is -0.163. The van der Waals surface area contributed by atoms with Gasteiger partial charge < -0.3 is 5.32 Å². The van der Waals surface area contributed by atoms with Gasteiger partial charge in [-0.3, -0.25) is 9.69 Å². The average Bonchev–Trinajstić information content (AvgIpc) is 2.48. The Morgan fingerprint density at radius 3 is 2.31 bits per heavy atom. The molecule has 0 bridgehead atoms. The second-order valence-electron chi connectivity index (χ2n) is 4.13. The highest BCUT2D eigenvalue weighted by Gasteiger charge is 2.28. The molecular weight excluding hydrogens is 204 g/mol. The molecule has 0 aromatic heterocycles. The van der Waals surface area contributed by atoms with E-state index < -0.39 is 0 Å². The van der Waals surface area contributed by atoms with E-state index in [0.717, 1.165) is 16.7 Å². The lowest BCUT2D eigenvalue weighted by molar-refractivity contribution is -0.125. The molecule has 1 saturated heterocycles. The third-order valence-electron chi connectivity index (χ3n) is 2.56. The van der Waals surface area contributed by atoms with E-state index in [1.807, 2.05) is 26.0 Å². The van der Waals surface area contributed by atoms with Gasteiger partial charge in [0.2, 0.25) is 5.91 Å². The Hall–Kier alpha value is -1.84. The minimum Gasteiger partial charge on any atom is -0.329 e. The van der Waals surface area contributed by atoms with Crippen molar-refractivity contribution in [1.29, 1.82) is 0 Å². The SMILES string of the molecule is Cc1cc(C)cc(CN2C(=O)CNC2=O)c1. The first-order valence-electron chi connectivity index (χ1n) is 5.21. The zero-order valence-corrected chi connectivity index (χ0v) is 9.41. The molecule has 0 spiro atoms. The third-order valence-corrected chi connectivity index (χ3v) is 2.56. The minimum atomic E-state index is -0.302. The van der Waals surface area contributed by atoms with Crippen molar-refractivity contribution >= 4 is 11.9 Å². The molecule has 1 aromatic carbocycles. The zero-order chi connectivity index (χ0) is 11.7. The summed E-state index contributed by atoms with van der Waals surface area (Å²) in [5, 5.41) is 2.51. The van der Waals surface area contributed by atoms with E-state index in [-0.39, 0.29) is 18.5 Å². The summed E-state index contributed by atoms with van der Waals surface area (Å²) in [6.45, 7) is 4.47. The van der Waals surface area contributed by atoms with Crippen LogP contribution in [0.3, 0.4) is 0 Å². The van der Waals surface area contributed by atoms with Crippen LogP contribution in [0.5, 0.6) is 0 Å². The van der Waals surface area contributed by atoms with Gasteiger partial charge in [-0.05, 0) is 19.4 Å². The van der Waals surface area contributed by atoms with Crippen molar-refractivity contribution in [2.75, 3.05) is 6.54 Å². The molecule has 3 amide bonds. The van der Waals surface area contributed by atoms with Gasteiger partial charge in [-0.25, -0.2) is 4.79 Å². The Bertz CT molecular complexity index is 418. The molecule has 1 N–H and O–H groups in total. The van der Waals surface area contributed by atoms with Crippen molar-refractivity contribution in [2.24, 2.45) is 0 Å². The fourth-order valence-electron chi connectivity index (χ4n) is 1.96. The van der Waals surface area contributed by atoms with E-state index in [1.54, 1.807) is 0 Å². The van der Waals surface area contributed by atoms with Crippen LogP contribution in [0.15, 0.2) is 18.2 Å². The average molecular weight is 218 g/mol. The summed E-state index contributed by atoms with van der Waals surface area (Å²) in [4.78, 5) is 24.0. The van der Waals surface area contributed by atoms with E-state index >= 15 is 0 Å². The van der Waals surface area contributed by atoms with Gasteiger partial charge >= 0.3 is 6.03 Å². The van der Waals surface area contributed by atoms with Crippen LogP contribution >= 0.6 is 0 Å². The molecule has 1 aliphatic rings. The molecule has 1 aliphatic heterocycles. The van der Waals surface area contributed by atoms with Crippen molar-refractivity contribution in [3.8, 4) is 0 Å². The lowest BCUT2D eigenvalue weighted by Gasteiger charge is -2.13. The molecule has 1 heterocycles. The van der Waals surface area contributed by atoms with Gasteiger partial charge in [-0.1, -0.05) is 29.3 Å². The number of carbonyl (C=O) groups excluding carboxylic acids is 2. The Kier molecular flexibility index (Phi) is 2.64. The number of hydrogen-bond donors (Lipinski definition) is 1. The molecular formula is C12H14N2O2. The molecule has 0 unspecified atom stereocenters. The first kappa shape index (κ1) is 10.7. The molecule has 1 fully saturated rings. The van der Waals surface area contributed by atoms with Crippen molar-refractivity contribution in [3.63, 3.8) is 0 Å². The number of amides is 3. The summed E-state index contributed by atoms with van der Waals surface area (Å²) in [7, 11) is 0. The normalized spacial score (nSPS) is 15.5. The fourth-order valence-corrected chi connectivity index (χ4v) is 1.96. The van der Waals surface area contributed by atoms with E-state index in [0.29, 0.717) is 6.54 Å². The van der Waals surface area contributed by atoms with Crippen LogP contribution in [-0.4, -0.2) is 23.4 Å². The molecule has 16 heavy (non-hydrogen) atoms. The van der Waals surface area contributed by atoms with Crippen LogP contribution in [0.1, 0.15) is 16.7 Å². The van der Waals surface area contributed by atoms with Gasteiger partial charge in [0.05, 0.1) is 13.1 Å². The van der Waals surface area contributed by atoms with Crippen LogP contribution in [0.4, 0.5) is 4.79 Å². The topological polar surface area (TPSA) is 49.4 Å². The van der Waals surface area contributed by atoms with E-state index in [9.17, 15) is 9.59 Å². The van der Waals surface area contributed by atoms with Crippen LogP contribution in [0, 0.1) is 13.8 Å². The zero-order valence-electron chi connectivity index (χ0n) is 9.41. The predicted octanol–water partition coefficient (Wildman–Crippen LogP) is 1.36. The largest absolute Gasteiger partial charge is 0.329 e. The second kappa shape index (κ2) is 3.96. The minimum absolute atomic E-state index is 0.115. The van der Waals surface area contributed by atoms with E-state index in [4.69, 9.17) is 0 Å². The molecule has 4 nitrogen and oxygen atoms in total. The van der Waals surface area contributed by atoms with Crippen molar-refractivity contribution < 1.29 is 9.59 Å². The number of imide groups is 1. The third kappa shape index (κ3) is 2.05. The lowest BCUT2D eigenvalue weighted by Crippen LogP contribution is -2.30. The summed E-state index contributed by atoms with van der Waals surface area (Å²) in [6.07, 6.45) is 0. The first-order chi connectivity index (χ1) is 7.56. The van der Waals surface area contributed by atoms with E-state index in [2.05, 4.69) is 11.4 Å². The van der Waals surface area contributed by atoms with Gasteiger partial charge in [-0.2, -0.15) is 0 Å². The molecule has 0 atom stereocenters. The summed E-state index contributed by atoms with van der Waals surface area (Å²) < 4.78 is 0. The standard InChI is InChI=1S/C12H14N2O2/c1-8-3-9(2)5-10(4-8)7-14-11(15)6-13-12(14)16/h3-5H,6-7H2,1-2H3,(H,13,16). The quantitative estimate of drug-likeness (QED) is 0.762. The van der Waals surface area contributed by atoms with Crippen molar-refractivity contribution in [1.82, 2.24) is 10.2 Å². The van der Waals surface area contributed by atoms with Gasteiger partial charge in [0.1, 0.15) is 0 Å². The Morgan fingerprint density at radius 1 is 1.19 bits per heavy atom. The number of rotatable bonds is 2. The highest BCUT2D eigenvalue weighted by atomic mass is 16.2. The van der Waals surface area contributed by atoms with Gasteiger partial charge in [-0.15, -0.1) is 0 Å². The highest BCUT2D eigenvalue weighted by molar-refractivity contribution is 6.01. The fraction of sp³-hybridized carbons (Fsp3) is 0.333. The van der Waals surface area contributed by atoms with Crippen molar-refractivity contribution in [2.45, 2.75) is 20.4 Å². The lowest BCUT2D eigenvalue weighted by atomic mass is 10.1. The highest BCUT2D eigenvalue weighted by Crippen LogP contribution is 2.13. The summed E-state index contributed by atoms with van der Waals surface area (Å²) >= 11 is 0. The van der Waals surface area contributed by atoms with Gasteiger partial charge in [0, 0.05) is 0 Å². The number of benzene rings is 1. The molecule has 4 heteroatoms. The van der Waals surface area contributed by atoms with Crippen LogP contribution in [-0.2, 0) is 11.3 Å². The van der Waals surface area contributed by atoms with Crippen LogP contribution < -0.4 is 5.32 Å². The van der Waals surface area contributed by atoms with Crippen LogP contribution in [0.25, 0.3) is 0 Å². The number of carbonyl (C=O) groups is 2. The Morgan fingerprint density at radius 2 is 1.81 bits per heavy atom. The molecule has 2 rings (SSSR count). The van der Waals surface area contributed by atoms with Gasteiger partial charge in [0.25, 0.3) is 0 Å². The number of nitrogens with zero attached hydrogens (tertiary/aromatic N) is 1. The summed E-state index contributed by atoms with van der Waals surface area (Å²) in [6, 6.07) is 5.75. The van der Waals surface area contributed by atoms with Crippen LogP contribution in [0.2, 0.25) is 0 Å². The number of aryl methyl sites for hydroxylation is 2. The number of urea groups is 1. The Balaban J connectivity index is 2.20.